The maximum absolute atomic E-state index is 12.8. The van der Waals surface area contributed by atoms with Crippen molar-refractivity contribution in [2.75, 3.05) is 20.8 Å². The predicted octanol–water partition coefficient (Wildman–Crippen LogP) is 4.76. The normalized spacial score (nSPS) is 12.6. The van der Waals surface area contributed by atoms with Crippen LogP contribution in [0.4, 0.5) is 4.79 Å². The minimum absolute atomic E-state index is 0.0881. The topological polar surface area (TPSA) is 60.0 Å². The molecule has 2 amide bonds. The molecule has 6 nitrogen and oxygen atoms in total. The van der Waals surface area contributed by atoms with Gasteiger partial charge >= 0.3 is 6.03 Å². The largest absolute Gasteiger partial charge is 0.493 e. The van der Waals surface area contributed by atoms with Crippen LogP contribution >= 0.6 is 0 Å². The van der Waals surface area contributed by atoms with Gasteiger partial charge in [-0.15, -0.1) is 0 Å². The highest BCUT2D eigenvalue weighted by molar-refractivity contribution is 5.74. The van der Waals surface area contributed by atoms with Crippen LogP contribution in [-0.4, -0.2) is 31.7 Å². The summed E-state index contributed by atoms with van der Waals surface area (Å²) in [7, 11) is 3.25. The third kappa shape index (κ3) is 4.91. The number of rotatable bonds is 6. The van der Waals surface area contributed by atoms with E-state index >= 15 is 0 Å². The fourth-order valence-corrected chi connectivity index (χ4v) is 3.69. The summed E-state index contributed by atoms with van der Waals surface area (Å²) in [6.45, 7) is 1.63. The van der Waals surface area contributed by atoms with E-state index in [1.165, 1.54) is 5.56 Å². The summed E-state index contributed by atoms with van der Waals surface area (Å²) in [4.78, 5) is 14.6. The van der Waals surface area contributed by atoms with E-state index < -0.39 is 0 Å². The highest BCUT2D eigenvalue weighted by atomic mass is 16.5. The van der Waals surface area contributed by atoms with Gasteiger partial charge in [-0.1, -0.05) is 30.3 Å². The zero-order chi connectivity index (χ0) is 21.6. The molecule has 0 aliphatic carbocycles. The number of methoxy groups -OCH3 is 2. The van der Waals surface area contributed by atoms with Crippen LogP contribution in [0.5, 0.6) is 23.0 Å². The van der Waals surface area contributed by atoms with Crippen LogP contribution in [0.1, 0.15) is 16.7 Å². The molecular weight excluding hydrogens is 392 g/mol. The van der Waals surface area contributed by atoms with Gasteiger partial charge in [-0.25, -0.2) is 4.79 Å². The van der Waals surface area contributed by atoms with Gasteiger partial charge in [0.1, 0.15) is 11.5 Å². The number of ether oxygens (including phenoxy) is 3. The van der Waals surface area contributed by atoms with Crippen molar-refractivity contribution >= 4 is 6.03 Å². The van der Waals surface area contributed by atoms with Crippen LogP contribution < -0.4 is 19.5 Å². The van der Waals surface area contributed by atoms with Crippen molar-refractivity contribution < 1.29 is 19.0 Å². The van der Waals surface area contributed by atoms with Crippen molar-refractivity contribution in [1.29, 1.82) is 0 Å². The molecule has 1 aliphatic heterocycles. The van der Waals surface area contributed by atoms with Gasteiger partial charge in [0.2, 0.25) is 0 Å². The van der Waals surface area contributed by atoms with Crippen LogP contribution in [0.25, 0.3) is 0 Å². The Hall–Kier alpha value is -3.67. The number of para-hydroxylation sites is 1. The molecule has 0 atom stereocenters. The summed E-state index contributed by atoms with van der Waals surface area (Å²) >= 11 is 0. The van der Waals surface area contributed by atoms with Crippen LogP contribution in [0.3, 0.4) is 0 Å². The van der Waals surface area contributed by atoms with Crippen LogP contribution in [0.2, 0.25) is 0 Å². The molecule has 0 unspecified atom stereocenters. The van der Waals surface area contributed by atoms with Crippen LogP contribution in [0.15, 0.2) is 66.7 Å². The number of hydrogen-bond acceptors (Lipinski definition) is 4. The Balaban J connectivity index is 1.37. The van der Waals surface area contributed by atoms with E-state index in [-0.39, 0.29) is 6.03 Å². The number of carbonyl (C=O) groups is 1. The molecule has 1 N–H and O–H groups in total. The molecule has 0 saturated heterocycles. The molecule has 0 spiro atoms. The molecule has 0 bridgehead atoms. The summed E-state index contributed by atoms with van der Waals surface area (Å²) in [6.07, 6.45) is 0.781. The summed E-state index contributed by atoms with van der Waals surface area (Å²) < 4.78 is 16.7. The van der Waals surface area contributed by atoms with Crippen LogP contribution in [0, 0.1) is 0 Å². The van der Waals surface area contributed by atoms with Crippen molar-refractivity contribution in [1.82, 2.24) is 10.2 Å². The van der Waals surface area contributed by atoms with Gasteiger partial charge in [0.25, 0.3) is 0 Å². The first-order valence-corrected chi connectivity index (χ1v) is 10.2. The van der Waals surface area contributed by atoms with Crippen molar-refractivity contribution in [2.45, 2.75) is 19.5 Å². The van der Waals surface area contributed by atoms with Gasteiger partial charge in [-0.05, 0) is 59.5 Å². The Kier molecular flexibility index (Phi) is 6.26. The van der Waals surface area contributed by atoms with E-state index in [9.17, 15) is 4.79 Å². The van der Waals surface area contributed by atoms with Crippen molar-refractivity contribution in [3.05, 3.63) is 83.4 Å². The summed E-state index contributed by atoms with van der Waals surface area (Å²) in [5, 5.41) is 3.02. The lowest BCUT2D eigenvalue weighted by Crippen LogP contribution is -2.42. The summed E-state index contributed by atoms with van der Waals surface area (Å²) in [5.74, 6) is 2.92. The number of amides is 2. The van der Waals surface area contributed by atoms with E-state index in [2.05, 4.69) is 5.32 Å². The van der Waals surface area contributed by atoms with Crippen molar-refractivity contribution in [3.8, 4) is 23.0 Å². The highest BCUT2D eigenvalue weighted by Gasteiger charge is 2.22. The number of carbonyl (C=O) groups excluding carboxylic acids is 1. The number of nitrogens with zero attached hydrogens (tertiary/aromatic N) is 1. The molecule has 4 rings (SSSR count). The number of hydrogen-bond donors (Lipinski definition) is 1. The van der Waals surface area contributed by atoms with Gasteiger partial charge in [0.15, 0.2) is 11.5 Å². The summed E-state index contributed by atoms with van der Waals surface area (Å²) in [6, 6.07) is 21.2. The third-order valence-electron chi connectivity index (χ3n) is 5.33. The Morgan fingerprint density at radius 2 is 1.61 bits per heavy atom. The Morgan fingerprint density at radius 3 is 2.35 bits per heavy atom. The van der Waals surface area contributed by atoms with E-state index in [1.54, 1.807) is 14.2 Å². The molecule has 0 fully saturated rings. The fourth-order valence-electron chi connectivity index (χ4n) is 3.69. The predicted molar refractivity (Wildman–Crippen MR) is 119 cm³/mol. The second kappa shape index (κ2) is 9.43. The second-order valence-corrected chi connectivity index (χ2v) is 7.37. The average molecular weight is 418 g/mol. The van der Waals surface area contributed by atoms with Gasteiger partial charge in [-0.2, -0.15) is 0 Å². The van der Waals surface area contributed by atoms with Crippen LogP contribution in [-0.2, 0) is 19.5 Å². The quantitative estimate of drug-likeness (QED) is 0.627. The first kappa shape index (κ1) is 20.6. The molecule has 160 valence electrons. The zero-order valence-corrected chi connectivity index (χ0v) is 17.8. The van der Waals surface area contributed by atoms with E-state index in [0.29, 0.717) is 25.4 Å². The monoisotopic (exact) mass is 418 g/mol. The van der Waals surface area contributed by atoms with Gasteiger partial charge in [-0.3, -0.25) is 0 Å². The lowest BCUT2D eigenvalue weighted by Gasteiger charge is -2.29. The molecule has 0 radical (unpaired) electrons. The Bertz CT molecular complexity index is 1050. The molecular formula is C25H26N2O4. The maximum Gasteiger partial charge on any atom is 0.317 e. The molecule has 0 saturated carbocycles. The highest BCUT2D eigenvalue weighted by Crippen LogP contribution is 2.33. The minimum atomic E-state index is -0.0881. The Morgan fingerprint density at radius 1 is 0.903 bits per heavy atom. The van der Waals surface area contributed by atoms with Gasteiger partial charge < -0.3 is 24.4 Å². The number of nitrogens with one attached hydrogen (secondary N) is 1. The molecule has 3 aromatic rings. The van der Waals surface area contributed by atoms with Crippen molar-refractivity contribution in [2.24, 2.45) is 0 Å². The SMILES string of the molecule is COc1cc2c(cc1OC)CN(C(=O)NCc1cccc(Oc3ccccc3)c1)CC2. The van der Waals surface area contributed by atoms with E-state index in [4.69, 9.17) is 14.2 Å². The second-order valence-electron chi connectivity index (χ2n) is 7.37. The smallest absolute Gasteiger partial charge is 0.317 e. The minimum Gasteiger partial charge on any atom is -0.493 e. The molecule has 31 heavy (non-hydrogen) atoms. The standard InChI is InChI=1S/C25H26N2O4/c1-29-23-14-19-11-12-27(17-20(19)15-24(23)30-2)25(28)26-16-18-7-6-10-22(13-18)31-21-8-4-3-5-9-21/h3-10,13-15H,11-12,16-17H2,1-2H3,(H,26,28). The van der Waals surface area contributed by atoms with E-state index in [1.807, 2.05) is 71.6 Å². The lowest BCUT2D eigenvalue weighted by atomic mass is 9.99. The number of fused-ring (bicyclic) bond motifs is 1. The molecule has 0 aromatic heterocycles. The first-order chi connectivity index (χ1) is 15.2. The Labute approximate surface area is 182 Å². The number of benzene rings is 3. The molecule has 3 aromatic carbocycles. The fraction of sp³-hybridized carbons (Fsp3) is 0.240. The first-order valence-electron chi connectivity index (χ1n) is 10.2. The average Bonchev–Trinajstić information content (AvgIpc) is 2.82. The third-order valence-corrected chi connectivity index (χ3v) is 5.33. The van der Waals surface area contributed by atoms with E-state index in [0.717, 1.165) is 34.8 Å². The summed E-state index contributed by atoms with van der Waals surface area (Å²) in [5.41, 5.74) is 3.25. The van der Waals surface area contributed by atoms with Gasteiger partial charge in [0, 0.05) is 19.6 Å². The lowest BCUT2D eigenvalue weighted by molar-refractivity contribution is 0.191. The molecule has 6 heteroatoms. The molecule has 1 heterocycles. The zero-order valence-electron chi connectivity index (χ0n) is 17.8. The van der Waals surface area contributed by atoms with Gasteiger partial charge in [0.05, 0.1) is 14.2 Å². The maximum atomic E-state index is 12.8. The molecule has 1 aliphatic rings. The van der Waals surface area contributed by atoms with Crippen molar-refractivity contribution in [3.63, 3.8) is 0 Å². The number of urea groups is 1.